The van der Waals surface area contributed by atoms with E-state index in [1.165, 1.54) is 37.2 Å². The number of alkyl halides is 3. The molecule has 1 aliphatic heterocycles. The molecule has 1 aliphatic rings. The number of rotatable bonds is 7. The molecule has 1 aromatic heterocycles. The summed E-state index contributed by atoms with van der Waals surface area (Å²) >= 11 is 0. The summed E-state index contributed by atoms with van der Waals surface area (Å²) < 4.78 is 40.3. The fourth-order valence-corrected chi connectivity index (χ4v) is 3.38. The van der Waals surface area contributed by atoms with Crippen LogP contribution in [-0.4, -0.2) is 52.9 Å². The highest BCUT2D eigenvalue weighted by Gasteiger charge is 2.36. The number of piperidine rings is 1. The van der Waals surface area contributed by atoms with E-state index >= 15 is 0 Å². The van der Waals surface area contributed by atoms with Gasteiger partial charge in [-0.25, -0.2) is 4.99 Å². The molecule has 1 atom stereocenters. The van der Waals surface area contributed by atoms with Crippen molar-refractivity contribution in [3.05, 3.63) is 17.5 Å². The van der Waals surface area contributed by atoms with E-state index < -0.39 is 11.9 Å². The summed E-state index contributed by atoms with van der Waals surface area (Å²) in [6.07, 6.45) is 1.69. The molecule has 0 aromatic carbocycles. The van der Waals surface area contributed by atoms with Gasteiger partial charge in [0, 0.05) is 44.5 Å². The first kappa shape index (κ1) is 21.5. The van der Waals surface area contributed by atoms with E-state index in [1.807, 2.05) is 6.92 Å². The predicted octanol–water partition coefficient (Wildman–Crippen LogP) is 2.76. The molecule has 1 fully saturated rings. The molecule has 1 unspecified atom stereocenters. The van der Waals surface area contributed by atoms with Crippen molar-refractivity contribution < 1.29 is 13.2 Å². The van der Waals surface area contributed by atoms with Gasteiger partial charge in [0.1, 0.15) is 0 Å². The van der Waals surface area contributed by atoms with Crippen molar-refractivity contribution in [3.63, 3.8) is 0 Å². The highest BCUT2D eigenvalue weighted by Crippen LogP contribution is 2.30. The van der Waals surface area contributed by atoms with Gasteiger partial charge < -0.3 is 15.5 Å². The summed E-state index contributed by atoms with van der Waals surface area (Å²) in [4.78, 5) is 6.80. The zero-order valence-electron chi connectivity index (χ0n) is 16.4. The Hall–Kier alpha value is -1.77. The maximum atomic E-state index is 13.0. The Labute approximate surface area is 159 Å². The van der Waals surface area contributed by atoms with Crippen LogP contribution in [0.2, 0.25) is 0 Å². The highest BCUT2D eigenvalue weighted by molar-refractivity contribution is 5.79. The van der Waals surface area contributed by atoms with Crippen LogP contribution in [0.5, 0.6) is 0 Å². The molecule has 0 saturated carbocycles. The number of nitrogens with zero attached hydrogens (tertiary/aromatic N) is 4. The van der Waals surface area contributed by atoms with Crippen molar-refractivity contribution in [1.29, 1.82) is 0 Å². The second kappa shape index (κ2) is 9.96. The van der Waals surface area contributed by atoms with Crippen LogP contribution in [-0.2, 0) is 19.8 Å². The Kier molecular flexibility index (Phi) is 7.94. The SMILES string of the molecule is CCNC(=NCc1cn(C)nc1C(F)(F)F)NCCCN1CCCCC1C. The second-order valence-electron chi connectivity index (χ2n) is 7.03. The number of hydrogen-bond acceptors (Lipinski definition) is 3. The zero-order valence-corrected chi connectivity index (χ0v) is 16.4. The molecule has 2 heterocycles. The lowest BCUT2D eigenvalue weighted by Gasteiger charge is -2.33. The number of hydrogen-bond donors (Lipinski definition) is 2. The molecule has 0 bridgehead atoms. The number of likely N-dealkylation sites (tertiary alicyclic amines) is 1. The molecule has 2 rings (SSSR count). The smallest absolute Gasteiger partial charge is 0.357 e. The largest absolute Gasteiger partial charge is 0.435 e. The standard InChI is InChI=1S/C18H31F3N6/c1-4-22-17(23-9-7-11-27-10-6-5-8-14(27)2)24-12-15-13-26(3)25-16(15)18(19,20)21/h13-14H,4-12H2,1-3H3,(H2,22,23,24). The van der Waals surface area contributed by atoms with Crippen LogP contribution < -0.4 is 10.6 Å². The molecule has 9 heteroatoms. The number of aryl methyl sites for hydroxylation is 1. The molecule has 27 heavy (non-hydrogen) atoms. The predicted molar refractivity (Wildman–Crippen MR) is 101 cm³/mol. The lowest BCUT2D eigenvalue weighted by atomic mass is 10.0. The molecule has 6 nitrogen and oxygen atoms in total. The summed E-state index contributed by atoms with van der Waals surface area (Å²) in [5, 5.41) is 9.81. The Bertz CT molecular complexity index is 611. The molecule has 1 saturated heterocycles. The lowest BCUT2D eigenvalue weighted by Crippen LogP contribution is -2.41. The third kappa shape index (κ3) is 6.71. The van der Waals surface area contributed by atoms with E-state index in [1.54, 1.807) is 0 Å². The van der Waals surface area contributed by atoms with E-state index in [4.69, 9.17) is 0 Å². The Morgan fingerprint density at radius 2 is 2.11 bits per heavy atom. The number of nitrogens with one attached hydrogen (secondary N) is 2. The van der Waals surface area contributed by atoms with Crippen molar-refractivity contribution in [1.82, 2.24) is 25.3 Å². The van der Waals surface area contributed by atoms with Crippen molar-refractivity contribution in [2.75, 3.05) is 26.2 Å². The van der Waals surface area contributed by atoms with Crippen LogP contribution >= 0.6 is 0 Å². The van der Waals surface area contributed by atoms with Gasteiger partial charge >= 0.3 is 6.18 Å². The Balaban J connectivity index is 1.87. The van der Waals surface area contributed by atoms with E-state index in [9.17, 15) is 13.2 Å². The van der Waals surface area contributed by atoms with Crippen LogP contribution in [0, 0.1) is 0 Å². The summed E-state index contributed by atoms with van der Waals surface area (Å²) in [7, 11) is 1.48. The summed E-state index contributed by atoms with van der Waals surface area (Å²) in [5.41, 5.74) is -0.798. The van der Waals surface area contributed by atoms with Gasteiger partial charge in [-0.3, -0.25) is 4.68 Å². The van der Waals surface area contributed by atoms with Gasteiger partial charge in [-0.15, -0.1) is 0 Å². The Morgan fingerprint density at radius 1 is 1.33 bits per heavy atom. The van der Waals surface area contributed by atoms with Crippen LogP contribution in [0.15, 0.2) is 11.2 Å². The third-order valence-electron chi connectivity index (χ3n) is 4.78. The number of guanidine groups is 1. The van der Waals surface area contributed by atoms with Gasteiger partial charge in [0.2, 0.25) is 0 Å². The monoisotopic (exact) mass is 388 g/mol. The number of aliphatic imine (C=N–C) groups is 1. The van der Waals surface area contributed by atoms with Gasteiger partial charge in [-0.1, -0.05) is 6.42 Å². The third-order valence-corrected chi connectivity index (χ3v) is 4.78. The van der Waals surface area contributed by atoms with Crippen LogP contribution in [0.4, 0.5) is 13.2 Å². The minimum atomic E-state index is -4.47. The average molecular weight is 388 g/mol. The summed E-state index contributed by atoms with van der Waals surface area (Å²) in [6, 6.07) is 0.632. The molecular formula is C18H31F3N6. The molecular weight excluding hydrogens is 357 g/mol. The minimum Gasteiger partial charge on any atom is -0.357 e. The average Bonchev–Trinajstić information content (AvgIpc) is 2.99. The molecule has 0 radical (unpaired) electrons. The number of halogens is 3. The maximum absolute atomic E-state index is 13.0. The highest BCUT2D eigenvalue weighted by atomic mass is 19.4. The zero-order chi connectivity index (χ0) is 19.9. The van der Waals surface area contributed by atoms with Crippen molar-refractivity contribution in [3.8, 4) is 0 Å². The summed E-state index contributed by atoms with van der Waals surface area (Å²) in [5.74, 6) is 0.529. The normalized spacial score (nSPS) is 19.3. The molecule has 0 amide bonds. The van der Waals surface area contributed by atoms with E-state index in [0.29, 0.717) is 18.5 Å². The molecule has 1 aromatic rings. The molecule has 154 valence electrons. The van der Waals surface area contributed by atoms with E-state index in [-0.39, 0.29) is 12.1 Å². The minimum absolute atomic E-state index is 0.0683. The maximum Gasteiger partial charge on any atom is 0.435 e. The quantitative estimate of drug-likeness (QED) is 0.428. The van der Waals surface area contributed by atoms with Gasteiger partial charge in [-0.05, 0) is 39.7 Å². The number of aromatic nitrogens is 2. The molecule has 0 spiro atoms. The van der Waals surface area contributed by atoms with E-state index in [2.05, 4.69) is 32.5 Å². The van der Waals surface area contributed by atoms with Crippen molar-refractivity contribution in [2.24, 2.45) is 12.0 Å². The summed E-state index contributed by atoms with van der Waals surface area (Å²) in [6.45, 7) is 7.68. The van der Waals surface area contributed by atoms with Gasteiger partial charge in [0.15, 0.2) is 11.7 Å². The van der Waals surface area contributed by atoms with Crippen LogP contribution in [0.1, 0.15) is 50.8 Å². The molecule has 2 N–H and O–H groups in total. The Morgan fingerprint density at radius 3 is 2.78 bits per heavy atom. The first-order valence-electron chi connectivity index (χ1n) is 9.67. The molecule has 0 aliphatic carbocycles. The first-order valence-corrected chi connectivity index (χ1v) is 9.67. The van der Waals surface area contributed by atoms with Crippen LogP contribution in [0.25, 0.3) is 0 Å². The van der Waals surface area contributed by atoms with E-state index in [0.717, 1.165) is 26.1 Å². The topological polar surface area (TPSA) is 57.5 Å². The van der Waals surface area contributed by atoms with Crippen molar-refractivity contribution in [2.45, 2.75) is 58.3 Å². The van der Waals surface area contributed by atoms with Gasteiger partial charge in [-0.2, -0.15) is 18.3 Å². The fourth-order valence-electron chi connectivity index (χ4n) is 3.38. The second-order valence-corrected chi connectivity index (χ2v) is 7.03. The fraction of sp³-hybridized carbons (Fsp3) is 0.778. The first-order chi connectivity index (χ1) is 12.8. The van der Waals surface area contributed by atoms with Crippen molar-refractivity contribution >= 4 is 5.96 Å². The lowest BCUT2D eigenvalue weighted by molar-refractivity contribution is -0.142. The van der Waals surface area contributed by atoms with Gasteiger partial charge in [0.25, 0.3) is 0 Å². The van der Waals surface area contributed by atoms with Gasteiger partial charge in [0.05, 0.1) is 6.54 Å². The van der Waals surface area contributed by atoms with Crippen LogP contribution in [0.3, 0.4) is 0 Å².